The summed E-state index contributed by atoms with van der Waals surface area (Å²) in [4.78, 5) is 17.3. The second kappa shape index (κ2) is 8.14. The maximum Gasteiger partial charge on any atom is 0.239 e. The number of carbonyl (C=O) groups is 1. The van der Waals surface area contributed by atoms with E-state index in [9.17, 15) is 4.79 Å². The van der Waals surface area contributed by atoms with E-state index in [4.69, 9.17) is 5.73 Å². The van der Waals surface area contributed by atoms with Crippen molar-refractivity contribution >= 4 is 5.91 Å². The molecule has 2 N–H and O–H groups in total. The first-order valence-corrected chi connectivity index (χ1v) is 8.93. The van der Waals surface area contributed by atoms with Gasteiger partial charge in [-0.3, -0.25) is 9.69 Å². The minimum Gasteiger partial charge on any atom is -0.341 e. The van der Waals surface area contributed by atoms with Crippen molar-refractivity contribution in [1.29, 1.82) is 0 Å². The lowest BCUT2D eigenvalue weighted by Crippen LogP contribution is -2.52. The highest BCUT2D eigenvalue weighted by Gasteiger charge is 2.31. The smallest absolute Gasteiger partial charge is 0.239 e. The molecule has 0 bridgehead atoms. The van der Waals surface area contributed by atoms with Gasteiger partial charge < -0.3 is 10.6 Å². The summed E-state index contributed by atoms with van der Waals surface area (Å²) in [6, 6.07) is 0.935. The van der Waals surface area contributed by atoms with Crippen LogP contribution in [0.15, 0.2) is 0 Å². The second-order valence-corrected chi connectivity index (χ2v) is 6.81. The fourth-order valence-corrected chi connectivity index (χ4v) is 3.98. The molecule has 1 unspecified atom stereocenters. The molecule has 1 aliphatic carbocycles. The van der Waals surface area contributed by atoms with E-state index in [1.54, 1.807) is 0 Å². The van der Waals surface area contributed by atoms with Crippen LogP contribution in [0.3, 0.4) is 0 Å². The molecule has 1 saturated carbocycles. The lowest BCUT2D eigenvalue weighted by atomic mass is 9.90. The molecule has 2 aliphatic rings. The second-order valence-electron chi connectivity index (χ2n) is 6.81. The lowest BCUT2D eigenvalue weighted by molar-refractivity contribution is -0.137. The van der Waals surface area contributed by atoms with Crippen LogP contribution < -0.4 is 5.73 Å². The molecule has 21 heavy (non-hydrogen) atoms. The molecule has 4 nitrogen and oxygen atoms in total. The summed E-state index contributed by atoms with van der Waals surface area (Å²) >= 11 is 0. The maximum absolute atomic E-state index is 12.8. The number of nitrogens with two attached hydrogens (primary N) is 1. The first-order valence-electron chi connectivity index (χ1n) is 8.93. The molecule has 122 valence electrons. The van der Waals surface area contributed by atoms with Gasteiger partial charge in [0.15, 0.2) is 0 Å². The Balaban J connectivity index is 1.94. The molecule has 0 radical (unpaired) electrons. The van der Waals surface area contributed by atoms with Gasteiger partial charge in [0.1, 0.15) is 0 Å². The normalized spacial score (nSPS) is 29.2. The Morgan fingerprint density at radius 1 is 1.14 bits per heavy atom. The van der Waals surface area contributed by atoms with Crippen molar-refractivity contribution in [2.75, 3.05) is 19.6 Å². The molecular weight excluding hydrogens is 262 g/mol. The van der Waals surface area contributed by atoms with Gasteiger partial charge in [-0.25, -0.2) is 0 Å². The summed E-state index contributed by atoms with van der Waals surface area (Å²) in [6.45, 7) is 7.15. The van der Waals surface area contributed by atoms with Crippen LogP contribution in [0, 0.1) is 0 Å². The minimum atomic E-state index is 0.0208. The number of likely N-dealkylation sites (tertiary alicyclic amines) is 1. The average molecular weight is 295 g/mol. The van der Waals surface area contributed by atoms with Crippen LogP contribution in [-0.4, -0.2) is 53.5 Å². The minimum absolute atomic E-state index is 0.0208. The van der Waals surface area contributed by atoms with Crippen LogP contribution in [0.1, 0.15) is 65.2 Å². The number of amides is 1. The summed E-state index contributed by atoms with van der Waals surface area (Å²) < 4.78 is 0. The molecule has 1 heterocycles. The van der Waals surface area contributed by atoms with Gasteiger partial charge in [0.25, 0.3) is 0 Å². The molecule has 1 aliphatic heterocycles. The van der Waals surface area contributed by atoms with Crippen molar-refractivity contribution in [3.8, 4) is 0 Å². The molecule has 0 aromatic carbocycles. The van der Waals surface area contributed by atoms with Crippen LogP contribution in [0.4, 0.5) is 0 Å². The van der Waals surface area contributed by atoms with Crippen molar-refractivity contribution in [1.82, 2.24) is 9.80 Å². The van der Waals surface area contributed by atoms with E-state index < -0.39 is 0 Å². The SMILES string of the molecule is CCN(C1CCC(N)CC1)C(C)C(=O)N1CCCCCC1. The first kappa shape index (κ1) is 16.8. The summed E-state index contributed by atoms with van der Waals surface area (Å²) in [5, 5.41) is 0. The van der Waals surface area contributed by atoms with E-state index >= 15 is 0 Å². The Labute approximate surface area is 130 Å². The highest BCUT2D eigenvalue weighted by Crippen LogP contribution is 2.24. The van der Waals surface area contributed by atoms with Crippen LogP contribution in [-0.2, 0) is 4.79 Å². The van der Waals surface area contributed by atoms with Crippen LogP contribution in [0.5, 0.6) is 0 Å². The van der Waals surface area contributed by atoms with E-state index in [2.05, 4.69) is 23.6 Å². The van der Waals surface area contributed by atoms with Crippen molar-refractivity contribution in [2.45, 2.75) is 83.3 Å². The van der Waals surface area contributed by atoms with Crippen LogP contribution in [0.2, 0.25) is 0 Å². The predicted molar refractivity (Wildman–Crippen MR) is 87.1 cm³/mol. The van der Waals surface area contributed by atoms with Crippen molar-refractivity contribution in [3.63, 3.8) is 0 Å². The topological polar surface area (TPSA) is 49.6 Å². The van der Waals surface area contributed by atoms with Crippen LogP contribution in [0.25, 0.3) is 0 Å². The Kier molecular flexibility index (Phi) is 6.49. The van der Waals surface area contributed by atoms with Gasteiger partial charge >= 0.3 is 0 Å². The Hall–Kier alpha value is -0.610. The molecule has 2 rings (SSSR count). The third-order valence-electron chi connectivity index (χ3n) is 5.35. The zero-order chi connectivity index (χ0) is 15.2. The summed E-state index contributed by atoms with van der Waals surface area (Å²) in [6.07, 6.45) is 9.38. The third-order valence-corrected chi connectivity index (χ3v) is 5.35. The monoisotopic (exact) mass is 295 g/mol. The van der Waals surface area contributed by atoms with Gasteiger partial charge in [-0.1, -0.05) is 19.8 Å². The van der Waals surface area contributed by atoms with E-state index in [-0.39, 0.29) is 6.04 Å². The number of hydrogen-bond donors (Lipinski definition) is 1. The number of hydrogen-bond acceptors (Lipinski definition) is 3. The van der Waals surface area contributed by atoms with Gasteiger partial charge in [0.2, 0.25) is 5.91 Å². The average Bonchev–Trinajstić information content (AvgIpc) is 2.78. The summed E-state index contributed by atoms with van der Waals surface area (Å²) in [5.41, 5.74) is 6.02. The fraction of sp³-hybridized carbons (Fsp3) is 0.941. The largest absolute Gasteiger partial charge is 0.341 e. The zero-order valence-electron chi connectivity index (χ0n) is 13.9. The van der Waals surface area contributed by atoms with E-state index in [1.165, 1.54) is 25.7 Å². The highest BCUT2D eigenvalue weighted by molar-refractivity contribution is 5.81. The predicted octanol–water partition coefficient (Wildman–Crippen LogP) is 2.37. The Morgan fingerprint density at radius 3 is 2.24 bits per heavy atom. The van der Waals surface area contributed by atoms with Gasteiger partial charge in [0.05, 0.1) is 6.04 Å². The molecule has 1 saturated heterocycles. The van der Waals surface area contributed by atoms with Gasteiger partial charge in [-0.05, 0) is 52.0 Å². The number of nitrogens with zero attached hydrogens (tertiary/aromatic N) is 2. The molecule has 0 aromatic rings. The van der Waals surface area contributed by atoms with Crippen molar-refractivity contribution < 1.29 is 4.79 Å². The van der Waals surface area contributed by atoms with Gasteiger partial charge in [0, 0.05) is 25.2 Å². The Morgan fingerprint density at radius 2 is 1.71 bits per heavy atom. The first-order chi connectivity index (χ1) is 10.1. The number of likely N-dealkylation sites (N-methyl/N-ethyl adjacent to an activating group) is 1. The number of carbonyl (C=O) groups excluding carboxylic acids is 1. The summed E-state index contributed by atoms with van der Waals surface area (Å²) in [7, 11) is 0. The maximum atomic E-state index is 12.8. The third kappa shape index (κ3) is 4.43. The standard InChI is InChI=1S/C17H33N3O/c1-3-20(16-10-8-15(18)9-11-16)14(2)17(21)19-12-6-4-5-7-13-19/h14-16H,3-13,18H2,1-2H3. The van der Waals surface area contributed by atoms with Crippen molar-refractivity contribution in [3.05, 3.63) is 0 Å². The quantitative estimate of drug-likeness (QED) is 0.866. The molecular formula is C17H33N3O. The van der Waals surface area contributed by atoms with E-state index in [1.807, 2.05) is 0 Å². The van der Waals surface area contributed by atoms with Crippen LogP contribution >= 0.6 is 0 Å². The van der Waals surface area contributed by atoms with E-state index in [0.717, 1.165) is 45.3 Å². The number of rotatable bonds is 4. The van der Waals surface area contributed by atoms with E-state index in [0.29, 0.717) is 18.0 Å². The lowest BCUT2D eigenvalue weighted by Gasteiger charge is -2.40. The highest BCUT2D eigenvalue weighted by atomic mass is 16.2. The molecule has 1 amide bonds. The molecule has 0 spiro atoms. The molecule has 2 fully saturated rings. The Bertz CT molecular complexity index is 318. The van der Waals surface area contributed by atoms with Gasteiger partial charge in [-0.15, -0.1) is 0 Å². The summed E-state index contributed by atoms with van der Waals surface area (Å²) in [5.74, 6) is 0.341. The van der Waals surface area contributed by atoms with Crippen molar-refractivity contribution in [2.24, 2.45) is 5.73 Å². The molecule has 1 atom stereocenters. The molecule has 0 aromatic heterocycles. The zero-order valence-corrected chi connectivity index (χ0v) is 13.9. The fourth-order valence-electron chi connectivity index (χ4n) is 3.98. The van der Waals surface area contributed by atoms with Gasteiger partial charge in [-0.2, -0.15) is 0 Å². The molecule has 4 heteroatoms.